The van der Waals surface area contributed by atoms with Crippen LogP contribution >= 0.6 is 34.9 Å². The summed E-state index contributed by atoms with van der Waals surface area (Å²) in [6, 6.07) is 1.68. The summed E-state index contributed by atoms with van der Waals surface area (Å²) in [5, 5.41) is 4.31. The zero-order valence-electron chi connectivity index (χ0n) is 9.89. The standard InChI is InChI=1S/C11H9Cl2N5S/c1-18-5-14-3-6(18)4-15-9-7(12)2-8(13)10-11(9)17-19-16-10/h2-3,5,15H,4H2,1H3. The predicted molar refractivity (Wildman–Crippen MR) is 78.0 cm³/mol. The highest BCUT2D eigenvalue weighted by molar-refractivity contribution is 7.00. The van der Waals surface area contributed by atoms with Gasteiger partial charge in [0.15, 0.2) is 0 Å². The van der Waals surface area contributed by atoms with Gasteiger partial charge in [-0.1, -0.05) is 23.2 Å². The number of aromatic nitrogens is 4. The van der Waals surface area contributed by atoms with Gasteiger partial charge in [0.1, 0.15) is 11.0 Å². The molecular formula is C11H9Cl2N5S. The van der Waals surface area contributed by atoms with Crippen LogP contribution in [0.4, 0.5) is 5.69 Å². The van der Waals surface area contributed by atoms with E-state index in [-0.39, 0.29) is 0 Å². The summed E-state index contributed by atoms with van der Waals surface area (Å²) in [5.41, 5.74) is 3.16. The second-order valence-corrected chi connectivity index (χ2v) is 5.37. The molecule has 2 heterocycles. The molecule has 3 rings (SSSR count). The third-order valence-electron chi connectivity index (χ3n) is 2.81. The molecule has 0 radical (unpaired) electrons. The zero-order chi connectivity index (χ0) is 13.4. The number of nitrogens with one attached hydrogen (secondary N) is 1. The van der Waals surface area contributed by atoms with E-state index in [9.17, 15) is 0 Å². The first-order valence-corrected chi connectivity index (χ1v) is 6.95. The Labute approximate surface area is 123 Å². The van der Waals surface area contributed by atoms with Crippen LogP contribution in [0, 0.1) is 0 Å². The van der Waals surface area contributed by atoms with Gasteiger partial charge in [-0.15, -0.1) is 0 Å². The molecule has 0 bridgehead atoms. The Hall–Kier alpha value is -1.37. The van der Waals surface area contributed by atoms with Crippen LogP contribution < -0.4 is 5.32 Å². The van der Waals surface area contributed by atoms with E-state index < -0.39 is 0 Å². The van der Waals surface area contributed by atoms with Gasteiger partial charge in [0.05, 0.1) is 46.0 Å². The summed E-state index contributed by atoms with van der Waals surface area (Å²) in [6.45, 7) is 0.602. The van der Waals surface area contributed by atoms with Gasteiger partial charge in [-0.2, -0.15) is 8.75 Å². The van der Waals surface area contributed by atoms with Gasteiger partial charge in [-0.05, 0) is 6.07 Å². The summed E-state index contributed by atoms with van der Waals surface area (Å²) in [4.78, 5) is 4.07. The first-order valence-electron chi connectivity index (χ1n) is 5.46. The highest BCUT2D eigenvalue weighted by atomic mass is 35.5. The van der Waals surface area contributed by atoms with Gasteiger partial charge in [0, 0.05) is 13.2 Å². The molecule has 0 saturated carbocycles. The highest BCUT2D eigenvalue weighted by Gasteiger charge is 2.14. The largest absolute Gasteiger partial charge is 0.376 e. The Morgan fingerprint density at radius 1 is 1.26 bits per heavy atom. The van der Waals surface area contributed by atoms with Gasteiger partial charge >= 0.3 is 0 Å². The minimum Gasteiger partial charge on any atom is -0.376 e. The molecule has 1 N–H and O–H groups in total. The Balaban J connectivity index is 1.97. The molecule has 0 fully saturated rings. The van der Waals surface area contributed by atoms with E-state index in [2.05, 4.69) is 19.0 Å². The average Bonchev–Trinajstić information content (AvgIpc) is 2.98. The topological polar surface area (TPSA) is 55.6 Å². The lowest BCUT2D eigenvalue weighted by Crippen LogP contribution is -2.05. The van der Waals surface area contributed by atoms with Crippen molar-refractivity contribution in [1.82, 2.24) is 18.3 Å². The van der Waals surface area contributed by atoms with E-state index in [1.54, 1.807) is 18.6 Å². The fraction of sp³-hybridized carbons (Fsp3) is 0.182. The number of benzene rings is 1. The van der Waals surface area contributed by atoms with E-state index in [0.29, 0.717) is 27.6 Å². The Bertz CT molecular complexity index is 736. The Morgan fingerprint density at radius 2 is 2.05 bits per heavy atom. The molecule has 8 heteroatoms. The van der Waals surface area contributed by atoms with E-state index in [1.165, 1.54) is 0 Å². The third-order valence-corrected chi connectivity index (χ3v) is 3.92. The molecule has 0 spiro atoms. The van der Waals surface area contributed by atoms with Crippen molar-refractivity contribution in [3.05, 3.63) is 34.3 Å². The molecule has 0 aliphatic carbocycles. The molecule has 19 heavy (non-hydrogen) atoms. The van der Waals surface area contributed by atoms with Gasteiger partial charge in [-0.25, -0.2) is 4.98 Å². The number of hydrogen-bond acceptors (Lipinski definition) is 5. The molecule has 98 valence electrons. The molecular weight excluding hydrogens is 305 g/mol. The Kier molecular flexibility index (Phi) is 3.30. The summed E-state index contributed by atoms with van der Waals surface area (Å²) < 4.78 is 10.3. The molecule has 0 saturated heterocycles. The van der Waals surface area contributed by atoms with Crippen molar-refractivity contribution in [2.24, 2.45) is 7.05 Å². The van der Waals surface area contributed by atoms with Gasteiger partial charge in [0.2, 0.25) is 0 Å². The van der Waals surface area contributed by atoms with Crippen LogP contribution in [0.1, 0.15) is 5.69 Å². The van der Waals surface area contributed by atoms with Crippen molar-refractivity contribution in [2.45, 2.75) is 6.54 Å². The molecule has 0 amide bonds. The highest BCUT2D eigenvalue weighted by Crippen LogP contribution is 2.35. The van der Waals surface area contributed by atoms with Crippen LogP contribution in [0.15, 0.2) is 18.6 Å². The number of rotatable bonds is 3. The first-order chi connectivity index (χ1) is 9.16. The van der Waals surface area contributed by atoms with Crippen molar-refractivity contribution >= 4 is 51.7 Å². The van der Waals surface area contributed by atoms with Crippen molar-refractivity contribution < 1.29 is 0 Å². The van der Waals surface area contributed by atoms with Crippen molar-refractivity contribution in [3.63, 3.8) is 0 Å². The monoisotopic (exact) mass is 313 g/mol. The maximum atomic E-state index is 6.21. The fourth-order valence-electron chi connectivity index (χ4n) is 1.78. The van der Waals surface area contributed by atoms with Crippen LogP contribution in [0.5, 0.6) is 0 Å². The molecule has 2 aromatic heterocycles. The lowest BCUT2D eigenvalue weighted by atomic mass is 10.2. The number of nitrogens with zero attached hydrogens (tertiary/aromatic N) is 4. The fourth-order valence-corrected chi connectivity index (χ4v) is 2.96. The second-order valence-electron chi connectivity index (χ2n) is 4.03. The summed E-state index contributed by atoms with van der Waals surface area (Å²) in [5.74, 6) is 0. The van der Waals surface area contributed by atoms with Crippen molar-refractivity contribution in [3.8, 4) is 0 Å². The number of fused-ring (bicyclic) bond motifs is 1. The van der Waals surface area contributed by atoms with E-state index in [0.717, 1.165) is 23.1 Å². The molecule has 1 aromatic carbocycles. The maximum Gasteiger partial charge on any atom is 0.130 e. The number of hydrogen-bond donors (Lipinski definition) is 1. The van der Waals surface area contributed by atoms with Crippen LogP contribution in [-0.2, 0) is 13.6 Å². The number of imidazole rings is 1. The molecule has 0 aliphatic heterocycles. The van der Waals surface area contributed by atoms with Crippen molar-refractivity contribution in [2.75, 3.05) is 5.32 Å². The SMILES string of the molecule is Cn1cncc1CNc1c(Cl)cc(Cl)c2nsnc12. The predicted octanol–water partition coefficient (Wildman–Crippen LogP) is 3.34. The minimum atomic E-state index is 0.514. The summed E-state index contributed by atoms with van der Waals surface area (Å²) in [7, 11) is 1.94. The third kappa shape index (κ3) is 2.27. The van der Waals surface area contributed by atoms with Gasteiger partial charge < -0.3 is 9.88 Å². The molecule has 0 aliphatic rings. The average molecular weight is 314 g/mol. The molecule has 0 atom stereocenters. The quantitative estimate of drug-likeness (QED) is 0.805. The normalized spacial score (nSPS) is 11.1. The first kappa shape index (κ1) is 12.7. The maximum absolute atomic E-state index is 6.21. The lowest BCUT2D eigenvalue weighted by Gasteiger charge is -2.09. The van der Waals surface area contributed by atoms with Crippen LogP contribution in [0.3, 0.4) is 0 Å². The second kappa shape index (κ2) is 4.96. The van der Waals surface area contributed by atoms with Crippen LogP contribution in [0.2, 0.25) is 10.0 Å². The van der Waals surface area contributed by atoms with Gasteiger partial charge in [-0.3, -0.25) is 0 Å². The van der Waals surface area contributed by atoms with Gasteiger partial charge in [0.25, 0.3) is 0 Å². The van der Waals surface area contributed by atoms with Crippen LogP contribution in [-0.4, -0.2) is 18.3 Å². The smallest absolute Gasteiger partial charge is 0.130 e. The van der Waals surface area contributed by atoms with Crippen LogP contribution in [0.25, 0.3) is 11.0 Å². The zero-order valence-corrected chi connectivity index (χ0v) is 12.2. The van der Waals surface area contributed by atoms with E-state index >= 15 is 0 Å². The minimum absolute atomic E-state index is 0.514. The lowest BCUT2D eigenvalue weighted by molar-refractivity contribution is 0.838. The molecule has 3 aromatic rings. The molecule has 5 nitrogen and oxygen atoms in total. The van der Waals surface area contributed by atoms with Crippen molar-refractivity contribution in [1.29, 1.82) is 0 Å². The summed E-state index contributed by atoms with van der Waals surface area (Å²) >= 11 is 13.4. The number of aryl methyl sites for hydroxylation is 1. The summed E-state index contributed by atoms with van der Waals surface area (Å²) in [6.07, 6.45) is 3.55. The number of anilines is 1. The van der Waals surface area contributed by atoms with E-state index in [4.69, 9.17) is 23.2 Å². The molecule has 0 unspecified atom stereocenters. The Morgan fingerprint density at radius 3 is 2.79 bits per heavy atom. The van der Waals surface area contributed by atoms with E-state index in [1.807, 2.05) is 11.6 Å². The number of halogens is 2.